The van der Waals surface area contributed by atoms with Crippen LogP contribution < -0.4 is 0 Å². The van der Waals surface area contributed by atoms with Gasteiger partial charge in [0.15, 0.2) is 0 Å². The Balaban J connectivity index is 3.64. The number of rotatable bonds is 2. The minimum atomic E-state index is -0.797. The first-order chi connectivity index (χ1) is 3.55. The van der Waals surface area contributed by atoms with Gasteiger partial charge in [0.25, 0.3) is 0 Å². The molecule has 1 unspecified atom stereocenters. The molecule has 0 aromatic carbocycles. The molecule has 0 saturated heterocycles. The van der Waals surface area contributed by atoms with Crippen molar-refractivity contribution >= 4 is 51.7 Å². The Morgan fingerprint density at radius 3 is 2.12 bits per heavy atom. The topological polar surface area (TPSA) is 40.5 Å². The predicted octanol–water partition coefficient (Wildman–Crippen LogP) is 1.46. The van der Waals surface area contributed by atoms with E-state index in [1.165, 1.54) is 0 Å². The van der Waals surface area contributed by atoms with E-state index in [4.69, 9.17) is 5.11 Å². The molecule has 0 fully saturated rings. The van der Waals surface area contributed by atoms with Gasteiger partial charge in [0, 0.05) is 45.7 Å². The van der Waals surface area contributed by atoms with Crippen LogP contribution in [0.3, 0.4) is 0 Å². The highest BCUT2D eigenvalue weighted by Crippen LogP contribution is 2.12. The highest BCUT2D eigenvalue weighted by atomic mass is 127. The van der Waals surface area contributed by atoms with Gasteiger partial charge < -0.3 is 5.11 Å². The first-order valence-corrected chi connectivity index (χ1v) is 3.82. The minimum absolute atomic E-state index is 0.406. The van der Waals surface area contributed by atoms with Gasteiger partial charge in [-0.1, -0.05) is 0 Å². The van der Waals surface area contributed by atoms with Gasteiger partial charge in [-0.15, -0.1) is 0 Å². The Kier molecular flexibility index (Phi) is 4.26. The van der Waals surface area contributed by atoms with E-state index in [0.717, 1.165) is 0 Å². The summed E-state index contributed by atoms with van der Waals surface area (Å²) >= 11 is 3.85. The van der Waals surface area contributed by atoms with Gasteiger partial charge in [0.1, 0.15) is 6.04 Å². The number of halogens is 2. The van der Waals surface area contributed by atoms with Gasteiger partial charge in [-0.2, -0.15) is 1.33 Å². The SMILES string of the molecule is CC(C(=O)O)N(I)I. The number of carboxylic acid groups (broad SMARTS) is 1. The van der Waals surface area contributed by atoms with E-state index in [2.05, 4.69) is 0 Å². The second-order valence-corrected chi connectivity index (χ2v) is 5.20. The molecule has 0 aliphatic rings. The molecule has 0 aromatic heterocycles. The van der Waals surface area contributed by atoms with Crippen LogP contribution in [0.1, 0.15) is 6.92 Å². The van der Waals surface area contributed by atoms with E-state index in [1.54, 1.807) is 8.25 Å². The minimum Gasteiger partial charge on any atom is -0.480 e. The Bertz CT molecular complexity index is 95.3. The fourth-order valence-electron chi connectivity index (χ4n) is 0.0835. The predicted molar refractivity (Wildman–Crippen MR) is 47.0 cm³/mol. The Labute approximate surface area is 75.4 Å². The zero-order valence-electron chi connectivity index (χ0n) is 4.14. The monoisotopic (exact) mass is 341 g/mol. The van der Waals surface area contributed by atoms with Crippen molar-refractivity contribution in [3.63, 3.8) is 0 Å². The van der Waals surface area contributed by atoms with Crippen LogP contribution in [0, 0.1) is 0 Å². The summed E-state index contributed by atoms with van der Waals surface area (Å²) in [6.45, 7) is 1.63. The quantitative estimate of drug-likeness (QED) is 0.611. The molecule has 1 atom stereocenters. The van der Waals surface area contributed by atoms with Crippen molar-refractivity contribution < 1.29 is 9.90 Å². The van der Waals surface area contributed by atoms with E-state index >= 15 is 0 Å². The zero-order chi connectivity index (χ0) is 6.73. The van der Waals surface area contributed by atoms with Crippen molar-refractivity contribution in [2.24, 2.45) is 0 Å². The van der Waals surface area contributed by atoms with Crippen molar-refractivity contribution in [1.29, 1.82) is 0 Å². The second kappa shape index (κ2) is 3.83. The fraction of sp³-hybridized carbons (Fsp3) is 0.667. The van der Waals surface area contributed by atoms with Crippen LogP contribution in [0.5, 0.6) is 0 Å². The normalized spacial score (nSPS) is 14.0. The van der Waals surface area contributed by atoms with Crippen molar-refractivity contribution in [3.8, 4) is 0 Å². The maximum atomic E-state index is 10.1. The molecule has 0 spiro atoms. The van der Waals surface area contributed by atoms with E-state index < -0.39 is 12.0 Å². The molecule has 5 heteroatoms. The lowest BCUT2D eigenvalue weighted by Crippen LogP contribution is -2.24. The van der Waals surface area contributed by atoms with E-state index in [1.807, 2.05) is 45.7 Å². The summed E-state index contributed by atoms with van der Waals surface area (Å²) in [6, 6.07) is -0.406. The first-order valence-electron chi connectivity index (χ1n) is 1.89. The molecular weight excluding hydrogens is 336 g/mol. The largest absolute Gasteiger partial charge is 0.480 e. The summed E-state index contributed by atoms with van der Waals surface area (Å²) < 4.78 is 1.58. The summed E-state index contributed by atoms with van der Waals surface area (Å²) in [5, 5.41) is 8.30. The molecule has 0 bridgehead atoms. The van der Waals surface area contributed by atoms with Gasteiger partial charge in [-0.05, 0) is 6.92 Å². The summed E-state index contributed by atoms with van der Waals surface area (Å²) in [5.41, 5.74) is 0. The van der Waals surface area contributed by atoms with Gasteiger partial charge in [-0.25, -0.2) is 0 Å². The summed E-state index contributed by atoms with van der Waals surface area (Å²) in [6.07, 6.45) is 0. The van der Waals surface area contributed by atoms with Crippen molar-refractivity contribution in [2.45, 2.75) is 13.0 Å². The highest BCUT2D eigenvalue weighted by molar-refractivity contribution is 14.2. The van der Waals surface area contributed by atoms with Crippen LogP contribution >= 0.6 is 45.7 Å². The fourth-order valence-corrected chi connectivity index (χ4v) is 0.560. The third-order valence-electron chi connectivity index (χ3n) is 0.650. The Morgan fingerprint density at radius 1 is 1.75 bits per heavy atom. The van der Waals surface area contributed by atoms with Crippen molar-refractivity contribution in [2.75, 3.05) is 0 Å². The lowest BCUT2D eigenvalue weighted by molar-refractivity contribution is -0.139. The number of carboxylic acids is 1. The van der Waals surface area contributed by atoms with Gasteiger partial charge in [0.05, 0.1) is 0 Å². The molecule has 0 radical (unpaired) electrons. The number of aliphatic carboxylic acids is 1. The van der Waals surface area contributed by atoms with Crippen LogP contribution in [0.2, 0.25) is 0 Å². The van der Waals surface area contributed by atoms with Crippen LogP contribution in [0.15, 0.2) is 0 Å². The van der Waals surface area contributed by atoms with E-state index in [0.29, 0.717) is 0 Å². The smallest absolute Gasteiger partial charge is 0.322 e. The number of hydrogen-bond acceptors (Lipinski definition) is 2. The molecule has 0 aliphatic heterocycles. The van der Waals surface area contributed by atoms with E-state index in [9.17, 15) is 4.79 Å². The number of hydrogen-bond donors (Lipinski definition) is 1. The Morgan fingerprint density at radius 2 is 2.12 bits per heavy atom. The summed E-state index contributed by atoms with van der Waals surface area (Å²) in [7, 11) is 0. The van der Waals surface area contributed by atoms with Crippen LogP contribution in [-0.2, 0) is 4.79 Å². The molecule has 1 N–H and O–H groups in total. The van der Waals surface area contributed by atoms with E-state index in [-0.39, 0.29) is 0 Å². The van der Waals surface area contributed by atoms with Crippen molar-refractivity contribution in [1.82, 2.24) is 1.33 Å². The lowest BCUT2D eigenvalue weighted by atomic mass is 10.4. The maximum Gasteiger partial charge on any atom is 0.322 e. The standard InChI is InChI=1S/C3H5I2NO2/c1-2(3(7)8)6(4)5/h2H,1H3,(H,7,8). The second-order valence-electron chi connectivity index (χ2n) is 1.27. The van der Waals surface area contributed by atoms with Gasteiger partial charge >= 0.3 is 5.97 Å². The van der Waals surface area contributed by atoms with Gasteiger partial charge in [-0.3, -0.25) is 4.79 Å². The molecule has 48 valence electrons. The average Bonchev–Trinajstić information content (AvgIpc) is 1.64. The molecular formula is C3H5I2NO2. The molecule has 0 amide bonds. The molecule has 3 nitrogen and oxygen atoms in total. The van der Waals surface area contributed by atoms with Crippen LogP contribution in [0.4, 0.5) is 0 Å². The molecule has 0 saturated carbocycles. The maximum absolute atomic E-state index is 10.1. The third-order valence-corrected chi connectivity index (χ3v) is 2.32. The van der Waals surface area contributed by atoms with Gasteiger partial charge in [0.2, 0.25) is 0 Å². The lowest BCUT2D eigenvalue weighted by Gasteiger charge is -2.08. The summed E-state index contributed by atoms with van der Waals surface area (Å²) in [4.78, 5) is 10.1. The number of carbonyl (C=O) groups is 1. The average molecular weight is 341 g/mol. The van der Waals surface area contributed by atoms with Crippen LogP contribution in [-0.4, -0.2) is 18.4 Å². The summed E-state index contributed by atoms with van der Waals surface area (Å²) in [5.74, 6) is -0.797. The first kappa shape index (κ1) is 8.89. The molecule has 0 aliphatic carbocycles. The zero-order valence-corrected chi connectivity index (χ0v) is 8.45. The molecule has 8 heavy (non-hydrogen) atoms. The number of nitrogens with zero attached hydrogens (tertiary/aromatic N) is 1. The van der Waals surface area contributed by atoms with Crippen LogP contribution in [0.25, 0.3) is 0 Å². The highest BCUT2D eigenvalue weighted by Gasteiger charge is 2.14. The third kappa shape index (κ3) is 3.02. The molecule has 0 aromatic rings. The van der Waals surface area contributed by atoms with Crippen molar-refractivity contribution in [3.05, 3.63) is 0 Å². The molecule has 0 rings (SSSR count). The Hall–Kier alpha value is 0.890. The molecule has 0 heterocycles.